The minimum absolute atomic E-state index is 0.335. The van der Waals surface area contributed by atoms with E-state index in [-0.39, 0.29) is 0 Å². The highest BCUT2D eigenvalue weighted by atomic mass is 14.1. The Morgan fingerprint density at radius 2 is 1.70 bits per heavy atom. The summed E-state index contributed by atoms with van der Waals surface area (Å²) in [6.45, 7) is 4.49. The number of hydrogen-bond donors (Lipinski definition) is 0. The zero-order valence-corrected chi connectivity index (χ0v) is 6.67. The molecule has 54 valence electrons. The van der Waals surface area contributed by atoms with Crippen molar-refractivity contribution in [2.45, 2.75) is 20.3 Å². The Kier molecular flexibility index (Phi) is 2.10. The second kappa shape index (κ2) is 2.87. The molecule has 0 spiro atoms. The fourth-order valence-electron chi connectivity index (χ4n) is 0.963. The fraction of sp³-hybridized carbons (Fsp3) is 0.400. The molecule has 1 rings (SSSR count). The van der Waals surface area contributed by atoms with Gasteiger partial charge in [0.05, 0.1) is 0 Å². The van der Waals surface area contributed by atoms with E-state index in [1.807, 2.05) is 0 Å². The highest BCUT2D eigenvalue weighted by molar-refractivity contribution is 5.17. The summed E-state index contributed by atoms with van der Waals surface area (Å²) >= 11 is 0. The van der Waals surface area contributed by atoms with E-state index in [2.05, 4.69) is 50.3 Å². The van der Waals surface area contributed by atoms with Gasteiger partial charge in [0.1, 0.15) is 0 Å². The van der Waals surface area contributed by atoms with Crippen LogP contribution in [0.2, 0.25) is 0 Å². The molecule has 0 heterocycles. The van der Waals surface area contributed by atoms with Gasteiger partial charge in [-0.2, -0.15) is 0 Å². The molecule has 1 aliphatic carbocycles. The number of allylic oxidation sites excluding steroid dienone is 6. The Balaban J connectivity index is 2.74. The van der Waals surface area contributed by atoms with Crippen molar-refractivity contribution < 1.29 is 0 Å². The zero-order valence-electron chi connectivity index (χ0n) is 6.67. The van der Waals surface area contributed by atoms with Gasteiger partial charge >= 0.3 is 0 Å². The van der Waals surface area contributed by atoms with Crippen LogP contribution in [-0.2, 0) is 0 Å². The largest absolute Gasteiger partial charge is 0.0837 e. The molecule has 0 bridgehead atoms. The average Bonchev–Trinajstić information content (AvgIpc) is 1.81. The molecule has 0 atom stereocenters. The molecule has 0 saturated heterocycles. The fourth-order valence-corrected chi connectivity index (χ4v) is 0.963. The van der Waals surface area contributed by atoms with Crippen LogP contribution in [0.3, 0.4) is 0 Å². The summed E-state index contributed by atoms with van der Waals surface area (Å²) < 4.78 is 0. The third-order valence-corrected chi connectivity index (χ3v) is 1.66. The highest BCUT2D eigenvalue weighted by Crippen LogP contribution is 2.23. The Morgan fingerprint density at radius 3 is 2.50 bits per heavy atom. The first-order valence-corrected chi connectivity index (χ1v) is 3.72. The molecule has 0 aliphatic heterocycles. The van der Waals surface area contributed by atoms with E-state index in [1.54, 1.807) is 0 Å². The molecular weight excluding hydrogens is 120 g/mol. The quantitative estimate of drug-likeness (QED) is 0.477. The first kappa shape index (κ1) is 7.33. The molecule has 0 amide bonds. The number of rotatable bonds is 0. The molecule has 0 fully saturated rings. The van der Waals surface area contributed by atoms with Crippen LogP contribution in [0.1, 0.15) is 20.3 Å². The third-order valence-electron chi connectivity index (χ3n) is 1.66. The number of hydrogen-bond acceptors (Lipinski definition) is 0. The van der Waals surface area contributed by atoms with Gasteiger partial charge in [-0.1, -0.05) is 50.3 Å². The van der Waals surface area contributed by atoms with Crippen molar-refractivity contribution in [1.82, 2.24) is 0 Å². The van der Waals surface area contributed by atoms with Gasteiger partial charge in [0, 0.05) is 0 Å². The van der Waals surface area contributed by atoms with Crippen LogP contribution in [0.25, 0.3) is 0 Å². The first-order valence-electron chi connectivity index (χ1n) is 3.72. The van der Waals surface area contributed by atoms with Gasteiger partial charge in [0.15, 0.2) is 0 Å². The summed E-state index contributed by atoms with van der Waals surface area (Å²) in [7, 11) is 0. The monoisotopic (exact) mass is 134 g/mol. The van der Waals surface area contributed by atoms with Crippen molar-refractivity contribution in [1.29, 1.82) is 0 Å². The Morgan fingerprint density at radius 1 is 1.00 bits per heavy atom. The molecule has 1 aliphatic rings. The topological polar surface area (TPSA) is 0 Å². The maximum Gasteiger partial charge on any atom is -0.0137 e. The summed E-state index contributed by atoms with van der Waals surface area (Å²) in [4.78, 5) is 0. The van der Waals surface area contributed by atoms with E-state index in [4.69, 9.17) is 0 Å². The van der Waals surface area contributed by atoms with Gasteiger partial charge in [-0.25, -0.2) is 0 Å². The van der Waals surface area contributed by atoms with Gasteiger partial charge in [-0.3, -0.25) is 0 Å². The van der Waals surface area contributed by atoms with Crippen LogP contribution in [0.5, 0.6) is 0 Å². The second-order valence-corrected chi connectivity index (χ2v) is 3.36. The lowest BCUT2D eigenvalue weighted by Crippen LogP contribution is -2.05. The molecular formula is C10H14. The van der Waals surface area contributed by atoms with Crippen LogP contribution in [-0.4, -0.2) is 0 Å². The van der Waals surface area contributed by atoms with Crippen molar-refractivity contribution in [3.8, 4) is 0 Å². The van der Waals surface area contributed by atoms with Gasteiger partial charge in [0.25, 0.3) is 0 Å². The summed E-state index contributed by atoms with van der Waals surface area (Å²) in [5, 5.41) is 0. The molecule has 0 unspecified atom stereocenters. The molecule has 0 aromatic rings. The SMILES string of the molecule is CC1(C)C=CC=CC=CC1. The van der Waals surface area contributed by atoms with Gasteiger partial charge in [0.2, 0.25) is 0 Å². The van der Waals surface area contributed by atoms with Gasteiger partial charge in [-0.05, 0) is 11.8 Å². The normalized spacial score (nSPS) is 22.2. The molecule has 0 radical (unpaired) electrons. The van der Waals surface area contributed by atoms with E-state index in [0.29, 0.717) is 5.41 Å². The van der Waals surface area contributed by atoms with Crippen molar-refractivity contribution >= 4 is 0 Å². The van der Waals surface area contributed by atoms with Crippen LogP contribution < -0.4 is 0 Å². The maximum atomic E-state index is 2.24. The van der Waals surface area contributed by atoms with E-state index in [9.17, 15) is 0 Å². The van der Waals surface area contributed by atoms with Crippen LogP contribution >= 0.6 is 0 Å². The van der Waals surface area contributed by atoms with E-state index in [1.165, 1.54) is 0 Å². The van der Waals surface area contributed by atoms with Crippen LogP contribution in [0, 0.1) is 5.41 Å². The molecule has 0 nitrogen and oxygen atoms in total. The average molecular weight is 134 g/mol. The van der Waals surface area contributed by atoms with Gasteiger partial charge in [-0.15, -0.1) is 0 Å². The lowest BCUT2D eigenvalue weighted by atomic mass is 9.88. The Hall–Kier alpha value is -0.780. The summed E-state index contributed by atoms with van der Waals surface area (Å²) in [6.07, 6.45) is 13.9. The molecule has 0 saturated carbocycles. The summed E-state index contributed by atoms with van der Waals surface area (Å²) in [6, 6.07) is 0. The summed E-state index contributed by atoms with van der Waals surface area (Å²) in [5.74, 6) is 0. The predicted molar refractivity (Wildman–Crippen MR) is 45.8 cm³/mol. The lowest BCUT2D eigenvalue weighted by Gasteiger charge is -2.17. The van der Waals surface area contributed by atoms with Crippen molar-refractivity contribution in [3.05, 3.63) is 36.5 Å². The third kappa shape index (κ3) is 2.22. The van der Waals surface area contributed by atoms with E-state index < -0.39 is 0 Å². The van der Waals surface area contributed by atoms with E-state index >= 15 is 0 Å². The minimum atomic E-state index is 0.335. The maximum absolute atomic E-state index is 2.24. The van der Waals surface area contributed by atoms with E-state index in [0.717, 1.165) is 6.42 Å². The lowest BCUT2D eigenvalue weighted by molar-refractivity contribution is 0.488. The van der Waals surface area contributed by atoms with Crippen molar-refractivity contribution in [2.75, 3.05) is 0 Å². The predicted octanol–water partition coefficient (Wildman–Crippen LogP) is 3.08. The van der Waals surface area contributed by atoms with Crippen molar-refractivity contribution in [3.63, 3.8) is 0 Å². The molecule has 0 N–H and O–H groups in total. The van der Waals surface area contributed by atoms with Crippen LogP contribution in [0.15, 0.2) is 36.5 Å². The Labute approximate surface area is 62.9 Å². The summed E-state index contributed by atoms with van der Waals surface area (Å²) in [5.41, 5.74) is 0.335. The van der Waals surface area contributed by atoms with Crippen molar-refractivity contribution in [2.24, 2.45) is 5.41 Å². The zero-order chi connectivity index (χ0) is 7.45. The first-order chi connectivity index (χ1) is 4.71. The Bertz CT molecular complexity index is 180. The minimum Gasteiger partial charge on any atom is -0.0837 e. The smallest absolute Gasteiger partial charge is 0.0137 e. The molecule has 10 heavy (non-hydrogen) atoms. The molecule has 0 aromatic carbocycles. The molecule has 0 aromatic heterocycles. The standard InChI is InChI=1S/C10H14/c1-10(2)8-6-4-3-5-7-9-10/h3-8H,9H2,1-2H3. The van der Waals surface area contributed by atoms with Gasteiger partial charge < -0.3 is 0 Å². The second-order valence-electron chi connectivity index (χ2n) is 3.36. The highest BCUT2D eigenvalue weighted by Gasteiger charge is 2.10. The van der Waals surface area contributed by atoms with Crippen LogP contribution in [0.4, 0.5) is 0 Å². The molecule has 0 heteroatoms.